The minimum absolute atomic E-state index is 0.285. The average Bonchev–Trinajstić information content (AvgIpc) is 2.50. The maximum Gasteiger partial charge on any atom is 0.222 e. The topological polar surface area (TPSA) is 73.1 Å². The Hall–Kier alpha value is -2.30. The molecule has 1 aromatic heterocycles. The highest BCUT2D eigenvalue weighted by Crippen LogP contribution is 2.22. The van der Waals surface area contributed by atoms with Gasteiger partial charge < -0.3 is 15.8 Å². The summed E-state index contributed by atoms with van der Waals surface area (Å²) in [5, 5.41) is 3.29. The highest BCUT2D eigenvalue weighted by molar-refractivity contribution is 5.44. The van der Waals surface area contributed by atoms with Gasteiger partial charge in [-0.15, -0.1) is 0 Å². The Balaban J connectivity index is 2.03. The van der Waals surface area contributed by atoms with Gasteiger partial charge in [0.15, 0.2) is 0 Å². The molecule has 1 aromatic carbocycles. The molecule has 0 radical (unpaired) electrons. The molecule has 23 heavy (non-hydrogen) atoms. The van der Waals surface area contributed by atoms with E-state index < -0.39 is 0 Å². The normalized spacial score (nSPS) is 10.6. The Morgan fingerprint density at radius 2 is 1.96 bits per heavy atom. The molecule has 0 amide bonds. The first-order valence-electron chi connectivity index (χ1n) is 8.16. The van der Waals surface area contributed by atoms with Crippen molar-refractivity contribution in [2.24, 2.45) is 0 Å². The zero-order valence-electron chi connectivity index (χ0n) is 14.2. The minimum atomic E-state index is 0.285. The van der Waals surface area contributed by atoms with Gasteiger partial charge >= 0.3 is 0 Å². The van der Waals surface area contributed by atoms with Crippen LogP contribution in [0.15, 0.2) is 24.3 Å². The lowest BCUT2D eigenvalue weighted by molar-refractivity contribution is 0.303. The Bertz CT molecular complexity index is 623. The third-order valence-corrected chi connectivity index (χ3v) is 3.56. The van der Waals surface area contributed by atoms with Crippen molar-refractivity contribution in [3.8, 4) is 5.75 Å². The molecule has 124 valence electrons. The maximum atomic E-state index is 5.96. The van der Waals surface area contributed by atoms with E-state index in [4.69, 9.17) is 10.5 Å². The van der Waals surface area contributed by atoms with Crippen molar-refractivity contribution in [1.29, 1.82) is 0 Å². The molecule has 5 heteroatoms. The number of unbranched alkanes of at least 4 members (excludes halogenated alkanes) is 2. The van der Waals surface area contributed by atoms with Gasteiger partial charge in [-0.25, -0.2) is 4.98 Å². The number of nitrogen functional groups attached to an aromatic ring is 1. The number of rotatable bonds is 8. The van der Waals surface area contributed by atoms with Crippen molar-refractivity contribution >= 4 is 11.8 Å². The highest BCUT2D eigenvalue weighted by Gasteiger charge is 2.06. The van der Waals surface area contributed by atoms with Crippen molar-refractivity contribution in [1.82, 2.24) is 9.97 Å². The molecule has 0 saturated heterocycles. The van der Waals surface area contributed by atoms with E-state index >= 15 is 0 Å². The summed E-state index contributed by atoms with van der Waals surface area (Å²) in [7, 11) is 0. The molecular formula is C18H26N4O. The van der Waals surface area contributed by atoms with E-state index in [-0.39, 0.29) is 5.95 Å². The highest BCUT2D eigenvalue weighted by atomic mass is 16.5. The number of ether oxygens (including phenoxy) is 1. The number of nitrogens with one attached hydrogen (secondary N) is 1. The smallest absolute Gasteiger partial charge is 0.222 e. The van der Waals surface area contributed by atoms with Crippen molar-refractivity contribution in [3.63, 3.8) is 0 Å². The second kappa shape index (κ2) is 8.36. The predicted molar refractivity (Wildman–Crippen MR) is 94.7 cm³/mol. The molecule has 0 fully saturated rings. The zero-order valence-corrected chi connectivity index (χ0v) is 14.2. The lowest BCUT2D eigenvalue weighted by Crippen LogP contribution is -2.07. The average molecular weight is 314 g/mol. The Kier molecular flexibility index (Phi) is 6.20. The van der Waals surface area contributed by atoms with Crippen molar-refractivity contribution in [2.45, 2.75) is 46.6 Å². The lowest BCUT2D eigenvalue weighted by atomic mass is 10.1. The van der Waals surface area contributed by atoms with Crippen molar-refractivity contribution in [3.05, 3.63) is 41.1 Å². The van der Waals surface area contributed by atoms with Gasteiger partial charge in [0.1, 0.15) is 11.6 Å². The molecule has 0 saturated carbocycles. The van der Waals surface area contributed by atoms with E-state index in [9.17, 15) is 0 Å². The van der Waals surface area contributed by atoms with Gasteiger partial charge in [0.25, 0.3) is 0 Å². The first kappa shape index (κ1) is 17.1. The fraction of sp³-hybridized carbons (Fsp3) is 0.444. The number of hydrogen-bond donors (Lipinski definition) is 2. The summed E-state index contributed by atoms with van der Waals surface area (Å²) < 4.78 is 5.96. The Labute approximate surface area is 138 Å². The number of aryl methyl sites for hydroxylation is 2. The summed E-state index contributed by atoms with van der Waals surface area (Å²) in [4.78, 5) is 8.28. The van der Waals surface area contributed by atoms with E-state index in [1.54, 1.807) is 0 Å². The van der Waals surface area contributed by atoms with Gasteiger partial charge in [-0.2, -0.15) is 4.98 Å². The molecule has 0 bridgehead atoms. The number of hydrogen-bond acceptors (Lipinski definition) is 5. The van der Waals surface area contributed by atoms with Crippen molar-refractivity contribution < 1.29 is 4.74 Å². The lowest BCUT2D eigenvalue weighted by Gasteiger charge is -2.14. The molecule has 0 aliphatic heterocycles. The molecule has 0 aliphatic carbocycles. The van der Waals surface area contributed by atoms with Crippen LogP contribution in [-0.2, 0) is 6.54 Å². The molecule has 1 heterocycles. The second-order valence-corrected chi connectivity index (χ2v) is 5.77. The zero-order chi connectivity index (χ0) is 16.7. The largest absolute Gasteiger partial charge is 0.493 e. The molecule has 0 spiro atoms. The summed E-state index contributed by atoms with van der Waals surface area (Å²) in [6.45, 7) is 7.56. The van der Waals surface area contributed by atoms with Crippen LogP contribution in [0.4, 0.5) is 11.8 Å². The number of anilines is 2. The third-order valence-electron chi connectivity index (χ3n) is 3.56. The summed E-state index contributed by atoms with van der Waals surface area (Å²) in [5.74, 6) is 1.95. The maximum absolute atomic E-state index is 5.96. The van der Waals surface area contributed by atoms with Gasteiger partial charge in [-0.05, 0) is 31.9 Å². The van der Waals surface area contributed by atoms with Crippen LogP contribution in [0.1, 0.15) is 43.0 Å². The molecular weight excluding hydrogens is 288 g/mol. The molecule has 0 atom stereocenters. The van der Waals surface area contributed by atoms with Crippen LogP contribution in [0.5, 0.6) is 5.75 Å². The number of nitrogens with two attached hydrogens (primary N) is 1. The predicted octanol–water partition coefficient (Wildman–Crippen LogP) is 3.86. The van der Waals surface area contributed by atoms with Gasteiger partial charge in [0.2, 0.25) is 5.95 Å². The van der Waals surface area contributed by atoms with Gasteiger partial charge in [0, 0.05) is 23.9 Å². The van der Waals surface area contributed by atoms with Gasteiger partial charge in [-0.1, -0.05) is 31.9 Å². The standard InChI is InChI=1S/C18H26N4O/c1-4-5-6-9-23-16-10-13(2)7-8-15(16)12-20-17-11-14(3)21-18(19)22-17/h7-8,10-11H,4-6,9,12H2,1-3H3,(H3,19,20,21,22). The van der Waals surface area contributed by atoms with Crippen LogP contribution < -0.4 is 15.8 Å². The Morgan fingerprint density at radius 1 is 1.13 bits per heavy atom. The summed E-state index contributed by atoms with van der Waals surface area (Å²) in [6, 6.07) is 8.15. The molecule has 2 aromatic rings. The molecule has 5 nitrogen and oxygen atoms in total. The van der Waals surface area contributed by atoms with Gasteiger partial charge in [0.05, 0.1) is 6.61 Å². The number of nitrogens with zero attached hydrogens (tertiary/aromatic N) is 2. The van der Waals surface area contributed by atoms with Crippen molar-refractivity contribution in [2.75, 3.05) is 17.7 Å². The number of aromatic nitrogens is 2. The molecule has 2 rings (SSSR count). The summed E-state index contributed by atoms with van der Waals surface area (Å²) in [6.07, 6.45) is 3.47. The molecule has 3 N–H and O–H groups in total. The van der Waals surface area contributed by atoms with Crippen LogP contribution in [0.2, 0.25) is 0 Å². The summed E-state index contributed by atoms with van der Waals surface area (Å²) >= 11 is 0. The van der Waals surface area contributed by atoms with Crippen LogP contribution >= 0.6 is 0 Å². The summed E-state index contributed by atoms with van der Waals surface area (Å²) in [5.41, 5.74) is 8.84. The van der Waals surface area contributed by atoms with E-state index in [2.05, 4.69) is 47.3 Å². The quantitative estimate of drug-likeness (QED) is 0.724. The monoisotopic (exact) mass is 314 g/mol. The Morgan fingerprint density at radius 3 is 2.70 bits per heavy atom. The fourth-order valence-corrected chi connectivity index (χ4v) is 2.34. The van der Waals surface area contributed by atoms with E-state index in [0.717, 1.165) is 35.9 Å². The second-order valence-electron chi connectivity index (χ2n) is 5.77. The first-order valence-corrected chi connectivity index (χ1v) is 8.16. The molecule has 0 unspecified atom stereocenters. The van der Waals surface area contributed by atoms with Crippen LogP contribution in [-0.4, -0.2) is 16.6 Å². The van der Waals surface area contributed by atoms with Crippen LogP contribution in [0, 0.1) is 13.8 Å². The van der Waals surface area contributed by atoms with E-state index in [0.29, 0.717) is 6.54 Å². The van der Waals surface area contributed by atoms with Crippen LogP contribution in [0.3, 0.4) is 0 Å². The molecule has 0 aliphatic rings. The number of benzene rings is 1. The minimum Gasteiger partial charge on any atom is -0.493 e. The van der Waals surface area contributed by atoms with E-state index in [1.165, 1.54) is 18.4 Å². The third kappa shape index (κ3) is 5.43. The SMILES string of the molecule is CCCCCOc1cc(C)ccc1CNc1cc(C)nc(N)n1. The fourth-order valence-electron chi connectivity index (χ4n) is 2.34. The van der Waals surface area contributed by atoms with Gasteiger partial charge in [-0.3, -0.25) is 0 Å². The first-order chi connectivity index (χ1) is 11.1. The van der Waals surface area contributed by atoms with E-state index in [1.807, 2.05) is 13.0 Å². The van der Waals surface area contributed by atoms with Crippen LogP contribution in [0.25, 0.3) is 0 Å².